The number of hydrogen-bond acceptors (Lipinski definition) is 6. The Morgan fingerprint density at radius 3 is 2.65 bits per heavy atom. The lowest BCUT2D eigenvalue weighted by Crippen LogP contribution is -2.20. The number of nitrogens with one attached hydrogen (secondary N) is 1. The summed E-state index contributed by atoms with van der Waals surface area (Å²) in [4.78, 5) is 12.5. The van der Waals surface area contributed by atoms with Gasteiger partial charge in [0.1, 0.15) is 0 Å². The topological polar surface area (TPSA) is 94.1 Å². The van der Waals surface area contributed by atoms with E-state index in [1.54, 1.807) is 42.5 Å². The van der Waals surface area contributed by atoms with E-state index in [-0.39, 0.29) is 16.9 Å². The molecule has 1 fully saturated rings. The molecule has 7 nitrogen and oxygen atoms in total. The fourth-order valence-corrected chi connectivity index (χ4v) is 4.38. The molecule has 0 radical (unpaired) electrons. The monoisotopic (exact) mass is 388 g/mol. The highest BCUT2D eigenvalue weighted by Gasteiger charge is 2.26. The molecule has 9 heteroatoms. The molecule has 26 heavy (non-hydrogen) atoms. The largest absolute Gasteiger partial charge is 0.454 e. The van der Waals surface area contributed by atoms with Gasteiger partial charge in [0, 0.05) is 0 Å². The van der Waals surface area contributed by atoms with Gasteiger partial charge in [-0.2, -0.15) is 8.42 Å². The van der Waals surface area contributed by atoms with Gasteiger partial charge in [-0.1, -0.05) is 24.3 Å². The normalized spacial score (nSPS) is 19.2. The average molecular weight is 388 g/mol. The summed E-state index contributed by atoms with van der Waals surface area (Å²) in [6, 6.07) is 13.1. The third-order valence-electron chi connectivity index (χ3n) is 3.59. The highest BCUT2D eigenvalue weighted by atomic mass is 32.2. The molecule has 2 aliphatic heterocycles. The number of sulfonamides is 1. The number of amides is 1. The first kappa shape index (κ1) is 16.7. The van der Waals surface area contributed by atoms with Gasteiger partial charge in [-0.3, -0.25) is 10.1 Å². The number of hydrogen-bond donors (Lipinski definition) is 1. The first-order valence-corrected chi connectivity index (χ1v) is 9.77. The molecular formula is C17H12N2O5S2. The number of ether oxygens (including phenoxy) is 2. The van der Waals surface area contributed by atoms with Crippen molar-refractivity contribution in [3.05, 3.63) is 59.0 Å². The highest BCUT2D eigenvalue weighted by molar-refractivity contribution is 8.19. The molecule has 1 amide bonds. The van der Waals surface area contributed by atoms with Crippen molar-refractivity contribution in [2.24, 2.45) is 4.40 Å². The van der Waals surface area contributed by atoms with E-state index in [0.717, 1.165) is 17.3 Å². The van der Waals surface area contributed by atoms with Crippen LogP contribution in [0.4, 0.5) is 0 Å². The van der Waals surface area contributed by atoms with Gasteiger partial charge < -0.3 is 9.47 Å². The second-order valence-corrected chi connectivity index (χ2v) is 8.00. The maximum atomic E-state index is 12.3. The van der Waals surface area contributed by atoms with E-state index in [9.17, 15) is 13.2 Å². The number of carbonyl (C=O) groups excluding carboxylic acids is 1. The van der Waals surface area contributed by atoms with Crippen molar-refractivity contribution in [3.63, 3.8) is 0 Å². The van der Waals surface area contributed by atoms with Crippen molar-refractivity contribution in [1.29, 1.82) is 0 Å². The standard InChI is InChI=1S/C17H12N2O5S2/c20-16-15(9-11-6-7-13-14(8-11)24-10-23-13)25-17(18-16)19-26(21,22)12-4-2-1-3-5-12/h1-9H,10H2,(H,18,19,20). The molecule has 132 valence electrons. The lowest BCUT2D eigenvalue weighted by molar-refractivity contribution is -0.115. The van der Waals surface area contributed by atoms with Crippen molar-refractivity contribution >= 4 is 38.9 Å². The van der Waals surface area contributed by atoms with Crippen molar-refractivity contribution in [2.45, 2.75) is 4.90 Å². The van der Waals surface area contributed by atoms with E-state index in [0.29, 0.717) is 16.4 Å². The molecule has 2 aromatic carbocycles. The summed E-state index contributed by atoms with van der Waals surface area (Å²) < 4.78 is 38.8. The van der Waals surface area contributed by atoms with Crippen LogP contribution in [0.1, 0.15) is 5.56 Å². The zero-order chi connectivity index (χ0) is 18.1. The minimum Gasteiger partial charge on any atom is -0.454 e. The Morgan fingerprint density at radius 2 is 1.85 bits per heavy atom. The summed E-state index contributed by atoms with van der Waals surface area (Å²) in [5.74, 6) is 0.838. The second kappa shape index (κ2) is 6.50. The van der Waals surface area contributed by atoms with Crippen LogP contribution in [-0.4, -0.2) is 26.3 Å². The van der Waals surface area contributed by atoms with E-state index < -0.39 is 15.9 Å². The van der Waals surface area contributed by atoms with Gasteiger partial charge in [-0.25, -0.2) is 0 Å². The zero-order valence-corrected chi connectivity index (χ0v) is 14.8. The summed E-state index contributed by atoms with van der Waals surface area (Å²) in [6.45, 7) is 0.165. The number of amidine groups is 1. The molecule has 0 saturated carbocycles. The van der Waals surface area contributed by atoms with Crippen LogP contribution in [0.5, 0.6) is 11.5 Å². The van der Waals surface area contributed by atoms with Crippen molar-refractivity contribution in [3.8, 4) is 11.5 Å². The molecule has 2 aromatic rings. The van der Waals surface area contributed by atoms with Crippen LogP contribution >= 0.6 is 11.8 Å². The molecule has 0 spiro atoms. The number of benzene rings is 2. The molecule has 1 saturated heterocycles. The lowest BCUT2D eigenvalue weighted by atomic mass is 10.2. The lowest BCUT2D eigenvalue weighted by Gasteiger charge is -1.99. The third kappa shape index (κ3) is 3.31. The van der Waals surface area contributed by atoms with Crippen LogP contribution in [0, 0.1) is 0 Å². The molecule has 2 heterocycles. The predicted octanol–water partition coefficient (Wildman–Crippen LogP) is 2.36. The molecule has 0 bridgehead atoms. The SMILES string of the molecule is O=C1N/C(=N\S(=O)(=O)c2ccccc2)SC1=Cc1ccc2c(c1)OCO2. The van der Waals surface area contributed by atoms with Crippen molar-refractivity contribution in [1.82, 2.24) is 5.32 Å². The van der Waals surface area contributed by atoms with E-state index >= 15 is 0 Å². The zero-order valence-electron chi connectivity index (χ0n) is 13.2. The summed E-state index contributed by atoms with van der Waals surface area (Å²) in [7, 11) is -3.88. The summed E-state index contributed by atoms with van der Waals surface area (Å²) in [5.41, 5.74) is 0.735. The Hall–Kier alpha value is -2.78. The maximum Gasteiger partial charge on any atom is 0.284 e. The van der Waals surface area contributed by atoms with Crippen LogP contribution in [0.2, 0.25) is 0 Å². The van der Waals surface area contributed by atoms with Crippen molar-refractivity contribution in [2.75, 3.05) is 6.79 Å². The summed E-state index contributed by atoms with van der Waals surface area (Å²) in [6.07, 6.45) is 1.64. The van der Waals surface area contributed by atoms with Gasteiger partial charge in [0.2, 0.25) is 6.79 Å². The van der Waals surface area contributed by atoms with Crippen LogP contribution < -0.4 is 14.8 Å². The molecular weight excluding hydrogens is 376 g/mol. The Balaban J connectivity index is 1.59. The second-order valence-electron chi connectivity index (χ2n) is 5.36. The first-order chi connectivity index (χ1) is 12.5. The Kier molecular flexibility index (Phi) is 4.17. The molecule has 4 rings (SSSR count). The molecule has 0 aliphatic carbocycles. The van der Waals surface area contributed by atoms with E-state index in [1.807, 2.05) is 0 Å². The Morgan fingerprint density at radius 1 is 1.08 bits per heavy atom. The van der Waals surface area contributed by atoms with Gasteiger partial charge in [0.15, 0.2) is 16.7 Å². The van der Waals surface area contributed by atoms with Gasteiger partial charge in [0.05, 0.1) is 9.80 Å². The predicted molar refractivity (Wildman–Crippen MR) is 97.3 cm³/mol. The summed E-state index contributed by atoms with van der Waals surface area (Å²) in [5, 5.41) is 2.49. The fraction of sp³-hybridized carbons (Fsp3) is 0.0588. The smallest absolute Gasteiger partial charge is 0.284 e. The Labute approximate surface area is 153 Å². The first-order valence-electron chi connectivity index (χ1n) is 7.52. The minimum absolute atomic E-state index is 0.0193. The van der Waals surface area contributed by atoms with E-state index in [1.165, 1.54) is 12.1 Å². The van der Waals surface area contributed by atoms with Crippen LogP contribution in [-0.2, 0) is 14.8 Å². The fourth-order valence-electron chi connectivity index (χ4n) is 2.38. The van der Waals surface area contributed by atoms with Crippen LogP contribution in [0.15, 0.2) is 62.7 Å². The van der Waals surface area contributed by atoms with E-state index in [4.69, 9.17) is 9.47 Å². The molecule has 0 aromatic heterocycles. The van der Waals surface area contributed by atoms with Gasteiger partial charge in [-0.05, 0) is 47.7 Å². The Bertz CT molecular complexity index is 1050. The van der Waals surface area contributed by atoms with Crippen LogP contribution in [0.25, 0.3) is 6.08 Å². The van der Waals surface area contributed by atoms with Crippen LogP contribution in [0.3, 0.4) is 0 Å². The minimum atomic E-state index is -3.88. The molecule has 0 atom stereocenters. The average Bonchev–Trinajstić information content (AvgIpc) is 3.21. The number of rotatable bonds is 3. The number of carbonyl (C=O) groups is 1. The maximum absolute atomic E-state index is 12.3. The van der Waals surface area contributed by atoms with Crippen molar-refractivity contribution < 1.29 is 22.7 Å². The van der Waals surface area contributed by atoms with Gasteiger partial charge >= 0.3 is 0 Å². The quantitative estimate of drug-likeness (QED) is 0.812. The van der Waals surface area contributed by atoms with Gasteiger partial charge in [-0.15, -0.1) is 4.40 Å². The molecule has 1 N–H and O–H groups in total. The van der Waals surface area contributed by atoms with E-state index in [2.05, 4.69) is 9.71 Å². The number of nitrogens with zero attached hydrogens (tertiary/aromatic N) is 1. The molecule has 2 aliphatic rings. The molecule has 0 unspecified atom stereocenters. The number of fused-ring (bicyclic) bond motifs is 1. The highest BCUT2D eigenvalue weighted by Crippen LogP contribution is 2.34. The summed E-state index contributed by atoms with van der Waals surface area (Å²) >= 11 is 0.968. The third-order valence-corrected chi connectivity index (χ3v) is 5.91. The number of thioether (sulfide) groups is 1. The van der Waals surface area contributed by atoms with Gasteiger partial charge in [0.25, 0.3) is 15.9 Å².